The van der Waals surface area contributed by atoms with Crippen molar-refractivity contribution in [2.45, 2.75) is 25.4 Å². The first-order chi connectivity index (χ1) is 7.63. The van der Waals surface area contributed by atoms with E-state index < -0.39 is 0 Å². The summed E-state index contributed by atoms with van der Waals surface area (Å²) in [6, 6.07) is 4.58. The van der Waals surface area contributed by atoms with Crippen molar-refractivity contribution in [1.29, 1.82) is 0 Å². The average molecular weight is 307 g/mol. The fourth-order valence-electron chi connectivity index (χ4n) is 1.51. The topological polar surface area (TPSA) is 20.2 Å². The molecule has 1 aromatic rings. The van der Waals surface area contributed by atoms with Crippen LogP contribution in [0.5, 0.6) is 0 Å². The number of hydrogen-bond donors (Lipinski definition) is 1. The molecule has 1 atom stereocenters. The smallest absolute Gasteiger partial charge is 0.124 e. The van der Waals surface area contributed by atoms with Crippen LogP contribution in [0.2, 0.25) is 0 Å². The second-order valence-corrected chi connectivity index (χ2v) is 5.57. The lowest BCUT2D eigenvalue weighted by Crippen LogP contribution is -2.11. The van der Waals surface area contributed by atoms with Crippen molar-refractivity contribution >= 4 is 27.7 Å². The maximum Gasteiger partial charge on any atom is 0.124 e. The van der Waals surface area contributed by atoms with E-state index >= 15 is 0 Å². The molecule has 0 saturated carbocycles. The molecule has 0 heterocycles. The number of rotatable bonds is 6. The average Bonchev–Trinajstić information content (AvgIpc) is 2.23. The van der Waals surface area contributed by atoms with Gasteiger partial charge in [-0.2, -0.15) is 11.8 Å². The van der Waals surface area contributed by atoms with Gasteiger partial charge in [-0.3, -0.25) is 0 Å². The quantitative estimate of drug-likeness (QED) is 0.810. The predicted molar refractivity (Wildman–Crippen MR) is 71.4 cm³/mol. The van der Waals surface area contributed by atoms with Gasteiger partial charge in [-0.25, -0.2) is 4.39 Å². The Hall–Kier alpha value is -0.0600. The lowest BCUT2D eigenvalue weighted by molar-refractivity contribution is 0.164. The van der Waals surface area contributed by atoms with Gasteiger partial charge in [0.25, 0.3) is 0 Å². The molecule has 1 N–H and O–H groups in total. The zero-order chi connectivity index (χ0) is 12.0. The molecule has 4 heteroatoms. The van der Waals surface area contributed by atoms with Crippen molar-refractivity contribution < 1.29 is 9.50 Å². The van der Waals surface area contributed by atoms with Crippen LogP contribution < -0.4 is 0 Å². The number of hydrogen-bond acceptors (Lipinski definition) is 2. The highest BCUT2D eigenvalue weighted by atomic mass is 79.9. The summed E-state index contributed by atoms with van der Waals surface area (Å²) in [5, 5.41) is 9.80. The van der Waals surface area contributed by atoms with Crippen LogP contribution in [0, 0.1) is 5.82 Å². The number of thioether (sulfide) groups is 1. The van der Waals surface area contributed by atoms with E-state index in [1.165, 1.54) is 12.1 Å². The number of aliphatic hydroxyl groups is 1. The largest absolute Gasteiger partial charge is 0.393 e. The van der Waals surface area contributed by atoms with Gasteiger partial charge < -0.3 is 5.11 Å². The number of aliphatic hydroxyl groups excluding tert-OH is 1. The Kier molecular flexibility index (Phi) is 6.39. The van der Waals surface area contributed by atoms with Crippen LogP contribution in [0.25, 0.3) is 0 Å². The third kappa shape index (κ3) is 4.85. The van der Waals surface area contributed by atoms with Crippen LogP contribution in [0.3, 0.4) is 0 Å². The highest BCUT2D eigenvalue weighted by Crippen LogP contribution is 2.20. The van der Waals surface area contributed by atoms with Crippen LogP contribution in [-0.4, -0.2) is 23.2 Å². The minimum atomic E-state index is -0.339. The van der Waals surface area contributed by atoms with E-state index in [-0.39, 0.29) is 11.9 Å². The van der Waals surface area contributed by atoms with Crippen LogP contribution in [0.1, 0.15) is 18.4 Å². The molecule has 0 fully saturated rings. The Morgan fingerprint density at radius 2 is 2.25 bits per heavy atom. The summed E-state index contributed by atoms with van der Waals surface area (Å²) < 4.78 is 13.6. The lowest BCUT2D eigenvalue weighted by Gasteiger charge is -2.11. The molecular formula is C12H16BrFOS. The van der Waals surface area contributed by atoms with E-state index in [0.717, 1.165) is 28.6 Å². The molecule has 0 aromatic heterocycles. The van der Waals surface area contributed by atoms with E-state index in [0.29, 0.717) is 6.42 Å². The molecular weight excluding hydrogens is 291 g/mol. The van der Waals surface area contributed by atoms with Crippen molar-refractivity contribution in [3.63, 3.8) is 0 Å². The Morgan fingerprint density at radius 1 is 1.50 bits per heavy atom. The fourth-order valence-corrected chi connectivity index (χ4v) is 2.47. The molecule has 0 aliphatic rings. The predicted octanol–water partition coefficient (Wildman–Crippen LogP) is 3.63. The summed E-state index contributed by atoms with van der Waals surface area (Å²) in [6.07, 6.45) is 4.11. The molecule has 0 spiro atoms. The molecule has 90 valence electrons. The van der Waals surface area contributed by atoms with Gasteiger partial charge in [-0.05, 0) is 49.0 Å². The maximum absolute atomic E-state index is 12.8. The third-order valence-corrected chi connectivity index (χ3v) is 3.79. The van der Waals surface area contributed by atoms with Gasteiger partial charge in [0, 0.05) is 4.47 Å². The molecule has 1 unspecified atom stereocenters. The number of halogens is 2. The van der Waals surface area contributed by atoms with Crippen molar-refractivity contribution in [3.05, 3.63) is 34.1 Å². The summed E-state index contributed by atoms with van der Waals surface area (Å²) in [6.45, 7) is 0. The normalized spacial score (nSPS) is 12.8. The maximum atomic E-state index is 12.8. The van der Waals surface area contributed by atoms with Crippen molar-refractivity contribution in [2.24, 2.45) is 0 Å². The summed E-state index contributed by atoms with van der Waals surface area (Å²) in [5.41, 5.74) is 0.957. The molecule has 0 aliphatic heterocycles. The van der Waals surface area contributed by atoms with Gasteiger partial charge in [0.2, 0.25) is 0 Å². The molecule has 1 nitrogen and oxygen atoms in total. The first-order valence-electron chi connectivity index (χ1n) is 5.24. The zero-order valence-corrected chi connectivity index (χ0v) is 11.7. The van der Waals surface area contributed by atoms with Gasteiger partial charge in [0.05, 0.1) is 6.10 Å². The summed E-state index contributed by atoms with van der Waals surface area (Å²) in [5.74, 6) is 0.814. The standard InChI is InChI=1S/C12H16BrFOS/c1-16-6-2-3-11(15)7-9-4-5-10(14)8-12(9)13/h4-5,8,11,15H,2-3,6-7H2,1H3. The molecule has 0 amide bonds. The van der Waals surface area contributed by atoms with E-state index in [2.05, 4.69) is 22.2 Å². The van der Waals surface area contributed by atoms with Gasteiger partial charge in [-0.15, -0.1) is 0 Å². The monoisotopic (exact) mass is 306 g/mol. The molecule has 1 rings (SSSR count). The van der Waals surface area contributed by atoms with E-state index in [1.54, 1.807) is 17.8 Å². The Balaban J connectivity index is 2.46. The molecule has 0 radical (unpaired) electrons. The van der Waals surface area contributed by atoms with E-state index in [1.807, 2.05) is 0 Å². The molecule has 16 heavy (non-hydrogen) atoms. The van der Waals surface area contributed by atoms with Crippen LogP contribution >= 0.6 is 27.7 Å². The first kappa shape index (κ1) is 14.0. The Labute approximate surface area is 109 Å². The first-order valence-corrected chi connectivity index (χ1v) is 7.43. The summed E-state index contributed by atoms with van der Waals surface area (Å²) >= 11 is 5.09. The molecule has 1 aromatic carbocycles. The Morgan fingerprint density at radius 3 is 2.88 bits per heavy atom. The highest BCUT2D eigenvalue weighted by Gasteiger charge is 2.08. The third-order valence-electron chi connectivity index (χ3n) is 2.36. The number of benzene rings is 1. The molecule has 0 bridgehead atoms. The van der Waals surface area contributed by atoms with Gasteiger partial charge in [0.15, 0.2) is 0 Å². The van der Waals surface area contributed by atoms with Crippen LogP contribution in [0.4, 0.5) is 4.39 Å². The van der Waals surface area contributed by atoms with Gasteiger partial charge >= 0.3 is 0 Å². The van der Waals surface area contributed by atoms with Crippen molar-refractivity contribution in [2.75, 3.05) is 12.0 Å². The lowest BCUT2D eigenvalue weighted by atomic mass is 10.0. The van der Waals surface area contributed by atoms with Gasteiger partial charge in [0.1, 0.15) is 5.82 Å². The second kappa shape index (κ2) is 7.30. The molecule has 0 aliphatic carbocycles. The summed E-state index contributed by atoms with van der Waals surface area (Å²) in [7, 11) is 0. The van der Waals surface area contributed by atoms with Crippen LogP contribution in [-0.2, 0) is 6.42 Å². The van der Waals surface area contributed by atoms with Crippen LogP contribution in [0.15, 0.2) is 22.7 Å². The SMILES string of the molecule is CSCCCC(O)Cc1ccc(F)cc1Br. The van der Waals surface area contributed by atoms with Gasteiger partial charge in [-0.1, -0.05) is 22.0 Å². The highest BCUT2D eigenvalue weighted by molar-refractivity contribution is 9.10. The minimum Gasteiger partial charge on any atom is -0.393 e. The minimum absolute atomic E-state index is 0.257. The van der Waals surface area contributed by atoms with E-state index in [4.69, 9.17) is 0 Å². The Bertz CT molecular complexity index is 333. The van der Waals surface area contributed by atoms with E-state index in [9.17, 15) is 9.50 Å². The molecule has 0 saturated heterocycles. The van der Waals surface area contributed by atoms with Crippen molar-refractivity contribution in [3.8, 4) is 0 Å². The second-order valence-electron chi connectivity index (χ2n) is 3.73. The zero-order valence-electron chi connectivity index (χ0n) is 9.25. The summed E-state index contributed by atoms with van der Waals surface area (Å²) in [4.78, 5) is 0. The van der Waals surface area contributed by atoms with Crippen molar-refractivity contribution in [1.82, 2.24) is 0 Å². The fraction of sp³-hybridized carbons (Fsp3) is 0.500.